The summed E-state index contributed by atoms with van der Waals surface area (Å²) in [6.45, 7) is 6.18. The molecule has 2 fully saturated rings. The van der Waals surface area contributed by atoms with Gasteiger partial charge in [0.25, 0.3) is 0 Å². The molecule has 2 rings (SSSR count). The molecule has 2 heteroatoms. The smallest absolute Gasteiger partial charge is 0.0117 e. The fourth-order valence-corrected chi connectivity index (χ4v) is 3.90. The summed E-state index contributed by atoms with van der Waals surface area (Å²) in [5.41, 5.74) is 0. The quantitative estimate of drug-likeness (QED) is 0.744. The van der Waals surface area contributed by atoms with Crippen molar-refractivity contribution in [1.29, 1.82) is 0 Å². The average Bonchev–Trinajstić information content (AvgIpc) is 2.61. The van der Waals surface area contributed by atoms with Crippen molar-refractivity contribution in [3.63, 3.8) is 0 Å². The van der Waals surface area contributed by atoms with E-state index in [4.69, 9.17) is 0 Å². The van der Waals surface area contributed by atoms with E-state index in [1.807, 2.05) is 0 Å². The number of rotatable bonds is 2. The monoisotopic (exact) mass is 238 g/mol. The molecule has 2 aliphatic rings. The average molecular weight is 238 g/mol. The highest BCUT2D eigenvalue weighted by molar-refractivity contribution is 4.91. The van der Waals surface area contributed by atoms with Crippen LogP contribution in [-0.4, -0.2) is 36.6 Å². The Hall–Kier alpha value is -0.0800. The first-order chi connectivity index (χ1) is 8.24. The summed E-state index contributed by atoms with van der Waals surface area (Å²) in [5.74, 6) is 0.789. The highest BCUT2D eigenvalue weighted by Gasteiger charge is 2.34. The van der Waals surface area contributed by atoms with Gasteiger partial charge >= 0.3 is 0 Å². The lowest BCUT2D eigenvalue weighted by Crippen LogP contribution is -2.55. The van der Waals surface area contributed by atoms with E-state index >= 15 is 0 Å². The second kappa shape index (κ2) is 6.19. The van der Waals surface area contributed by atoms with E-state index in [0.29, 0.717) is 0 Å². The van der Waals surface area contributed by atoms with Crippen LogP contribution in [0.15, 0.2) is 0 Å². The van der Waals surface area contributed by atoms with E-state index in [1.54, 1.807) is 0 Å². The van der Waals surface area contributed by atoms with Crippen molar-refractivity contribution >= 4 is 0 Å². The first-order valence-electron chi connectivity index (χ1n) is 7.67. The highest BCUT2D eigenvalue weighted by Crippen LogP contribution is 2.30. The van der Waals surface area contributed by atoms with Gasteiger partial charge in [-0.2, -0.15) is 0 Å². The van der Waals surface area contributed by atoms with Crippen LogP contribution in [0.3, 0.4) is 0 Å². The summed E-state index contributed by atoms with van der Waals surface area (Å²) in [7, 11) is 2.12. The molecule has 0 spiro atoms. The molecule has 0 aromatic carbocycles. The van der Waals surface area contributed by atoms with E-state index < -0.39 is 0 Å². The van der Waals surface area contributed by atoms with Gasteiger partial charge in [0.05, 0.1) is 0 Å². The maximum Gasteiger partial charge on any atom is 0.0117 e. The van der Waals surface area contributed by atoms with Crippen LogP contribution in [0.25, 0.3) is 0 Å². The van der Waals surface area contributed by atoms with Crippen LogP contribution >= 0.6 is 0 Å². The zero-order valence-electron chi connectivity index (χ0n) is 11.9. The van der Waals surface area contributed by atoms with Crippen molar-refractivity contribution in [3.05, 3.63) is 0 Å². The van der Waals surface area contributed by atoms with E-state index in [1.165, 1.54) is 51.5 Å². The van der Waals surface area contributed by atoms with Crippen LogP contribution in [0.4, 0.5) is 0 Å². The van der Waals surface area contributed by atoms with Crippen molar-refractivity contribution in [1.82, 2.24) is 10.2 Å². The van der Waals surface area contributed by atoms with Crippen LogP contribution in [0, 0.1) is 5.92 Å². The second-order valence-electron chi connectivity index (χ2n) is 6.17. The lowest BCUT2D eigenvalue weighted by Gasteiger charge is -2.46. The Morgan fingerprint density at radius 1 is 0.941 bits per heavy atom. The largest absolute Gasteiger partial charge is 0.317 e. The fraction of sp³-hybridized carbons (Fsp3) is 1.00. The number of hydrogen-bond acceptors (Lipinski definition) is 2. The Labute approximate surface area is 107 Å². The van der Waals surface area contributed by atoms with Crippen molar-refractivity contribution < 1.29 is 0 Å². The molecule has 3 unspecified atom stereocenters. The first-order valence-corrected chi connectivity index (χ1v) is 7.67. The summed E-state index contributed by atoms with van der Waals surface area (Å²) in [5, 5.41) is 3.49. The van der Waals surface area contributed by atoms with Gasteiger partial charge in [0, 0.05) is 24.7 Å². The maximum atomic E-state index is 3.49. The summed E-state index contributed by atoms with van der Waals surface area (Å²) in [6, 6.07) is 2.36. The van der Waals surface area contributed by atoms with E-state index in [-0.39, 0.29) is 0 Å². The molecule has 0 amide bonds. The van der Waals surface area contributed by atoms with Gasteiger partial charge in [0.2, 0.25) is 0 Å². The molecular weight excluding hydrogens is 208 g/mol. The third-order valence-electron chi connectivity index (χ3n) is 5.28. The number of nitrogens with one attached hydrogen (secondary N) is 1. The van der Waals surface area contributed by atoms with Gasteiger partial charge in [-0.15, -0.1) is 0 Å². The molecule has 100 valence electrons. The molecule has 1 saturated carbocycles. The Kier molecular flexibility index (Phi) is 4.87. The minimum atomic E-state index is 0.729. The molecule has 17 heavy (non-hydrogen) atoms. The highest BCUT2D eigenvalue weighted by atomic mass is 15.2. The molecule has 1 N–H and O–H groups in total. The summed E-state index contributed by atoms with van der Waals surface area (Å²) >= 11 is 0. The minimum absolute atomic E-state index is 0.729. The summed E-state index contributed by atoms with van der Waals surface area (Å²) in [6.07, 6.45) is 10.1. The topological polar surface area (TPSA) is 15.3 Å². The fourth-order valence-electron chi connectivity index (χ4n) is 3.90. The van der Waals surface area contributed by atoms with Crippen LogP contribution < -0.4 is 5.32 Å². The molecule has 2 nitrogen and oxygen atoms in total. The Bertz CT molecular complexity index is 221. The molecule has 0 bridgehead atoms. The molecule has 1 heterocycles. The standard InChI is InChI=1S/C15H30N2/c1-12-13(2)17(11-10-15(12)16-3)14-8-6-4-5-7-9-14/h12-16H,4-11H2,1-3H3. The van der Waals surface area contributed by atoms with Gasteiger partial charge in [-0.25, -0.2) is 0 Å². The predicted octanol–water partition coefficient (Wildman–Crippen LogP) is 3.03. The van der Waals surface area contributed by atoms with Crippen LogP contribution in [-0.2, 0) is 0 Å². The summed E-state index contributed by atoms with van der Waals surface area (Å²) in [4.78, 5) is 2.82. The molecule has 0 aromatic rings. The van der Waals surface area contributed by atoms with Gasteiger partial charge in [-0.1, -0.05) is 32.6 Å². The molecule has 1 aliphatic carbocycles. The lowest BCUT2D eigenvalue weighted by molar-refractivity contribution is 0.0425. The van der Waals surface area contributed by atoms with E-state index in [9.17, 15) is 0 Å². The number of hydrogen-bond donors (Lipinski definition) is 1. The Morgan fingerprint density at radius 2 is 1.59 bits per heavy atom. The van der Waals surface area contributed by atoms with Crippen molar-refractivity contribution in [3.8, 4) is 0 Å². The zero-order chi connectivity index (χ0) is 12.3. The SMILES string of the molecule is CNC1CCN(C2CCCCCC2)C(C)C1C. The third-order valence-corrected chi connectivity index (χ3v) is 5.28. The second-order valence-corrected chi connectivity index (χ2v) is 6.17. The van der Waals surface area contributed by atoms with Gasteiger partial charge in [-0.3, -0.25) is 4.90 Å². The number of likely N-dealkylation sites (tertiary alicyclic amines) is 1. The third kappa shape index (κ3) is 3.03. The number of piperidine rings is 1. The van der Waals surface area contributed by atoms with Crippen LogP contribution in [0.1, 0.15) is 58.8 Å². The molecule has 3 atom stereocenters. The van der Waals surface area contributed by atoms with Crippen molar-refractivity contribution in [2.75, 3.05) is 13.6 Å². The van der Waals surface area contributed by atoms with Gasteiger partial charge in [-0.05, 0) is 39.2 Å². The van der Waals surface area contributed by atoms with Gasteiger partial charge in [0.15, 0.2) is 0 Å². The zero-order valence-corrected chi connectivity index (χ0v) is 11.9. The van der Waals surface area contributed by atoms with Crippen molar-refractivity contribution in [2.45, 2.75) is 76.9 Å². The Morgan fingerprint density at radius 3 is 2.18 bits per heavy atom. The van der Waals surface area contributed by atoms with Gasteiger partial charge in [0.1, 0.15) is 0 Å². The van der Waals surface area contributed by atoms with E-state index in [0.717, 1.165) is 24.0 Å². The van der Waals surface area contributed by atoms with Crippen molar-refractivity contribution in [2.24, 2.45) is 5.92 Å². The molecule has 0 aromatic heterocycles. The molecular formula is C15H30N2. The van der Waals surface area contributed by atoms with Gasteiger partial charge < -0.3 is 5.32 Å². The molecule has 1 aliphatic heterocycles. The normalized spacial score (nSPS) is 37.9. The molecule has 0 radical (unpaired) electrons. The first kappa shape index (κ1) is 13.4. The van der Waals surface area contributed by atoms with E-state index in [2.05, 4.69) is 31.1 Å². The predicted molar refractivity (Wildman–Crippen MR) is 74.3 cm³/mol. The van der Waals surface area contributed by atoms with Crippen LogP contribution in [0.2, 0.25) is 0 Å². The maximum absolute atomic E-state index is 3.49. The summed E-state index contributed by atoms with van der Waals surface area (Å²) < 4.78 is 0. The number of nitrogens with zero attached hydrogens (tertiary/aromatic N) is 1. The van der Waals surface area contributed by atoms with Crippen LogP contribution in [0.5, 0.6) is 0 Å². The molecule has 1 saturated heterocycles. The minimum Gasteiger partial charge on any atom is -0.317 e. The lowest BCUT2D eigenvalue weighted by atomic mass is 9.85. The Balaban J connectivity index is 1.96.